The van der Waals surface area contributed by atoms with Crippen LogP contribution in [0.4, 0.5) is 38.3 Å². The number of benzene rings is 1. The van der Waals surface area contributed by atoms with Gasteiger partial charge in [0.2, 0.25) is 5.92 Å². The number of nitrogens with zero attached hydrogens (tertiary/aromatic N) is 4. The molecule has 3 N–H and O–H groups in total. The first-order chi connectivity index (χ1) is 19.9. The molecular weight excluding hydrogens is 603 g/mol. The maximum absolute atomic E-state index is 14.0. The van der Waals surface area contributed by atoms with E-state index in [4.69, 9.17) is 5.11 Å². The van der Waals surface area contributed by atoms with Crippen molar-refractivity contribution in [2.75, 3.05) is 29.6 Å². The highest BCUT2D eigenvalue weighted by molar-refractivity contribution is 7.93. The minimum Gasteiger partial charge on any atom is -0.465 e. The number of rotatable bonds is 6. The molecule has 1 unspecified atom stereocenters. The molecule has 1 aromatic carbocycles. The highest BCUT2D eigenvalue weighted by atomic mass is 32.2. The van der Waals surface area contributed by atoms with Crippen LogP contribution in [0.1, 0.15) is 60.1 Å². The molecule has 0 spiro atoms. The Labute approximate surface area is 243 Å². The Hall–Kier alpha value is -3.89. The van der Waals surface area contributed by atoms with Crippen molar-refractivity contribution in [1.29, 1.82) is 0 Å². The van der Waals surface area contributed by atoms with Crippen LogP contribution in [0.5, 0.6) is 0 Å². The number of alkyl halides is 5. The summed E-state index contributed by atoms with van der Waals surface area (Å²) < 4.78 is 86.2. The summed E-state index contributed by atoms with van der Waals surface area (Å²) in [7, 11) is -3.46. The monoisotopic (exact) mass is 632 g/mol. The van der Waals surface area contributed by atoms with Crippen molar-refractivity contribution >= 4 is 39.1 Å². The van der Waals surface area contributed by atoms with Crippen molar-refractivity contribution in [3.8, 4) is 0 Å². The van der Waals surface area contributed by atoms with Gasteiger partial charge in [0.25, 0.3) is 11.8 Å². The van der Waals surface area contributed by atoms with E-state index in [-0.39, 0.29) is 48.8 Å². The highest BCUT2D eigenvalue weighted by Crippen LogP contribution is 2.37. The maximum atomic E-state index is 14.0. The van der Waals surface area contributed by atoms with Crippen molar-refractivity contribution in [3.63, 3.8) is 0 Å². The molecule has 1 aliphatic carbocycles. The number of anilines is 2. The predicted molar refractivity (Wildman–Crippen MR) is 145 cm³/mol. The van der Waals surface area contributed by atoms with E-state index >= 15 is 0 Å². The van der Waals surface area contributed by atoms with Crippen LogP contribution in [0.25, 0.3) is 0 Å². The molecule has 234 valence electrons. The SMILES string of the molecule is Cc1c(C(F)(F)F)nnc(N2CCCC(F)(F)CC2)c1C(=O)Nc1cccc(S(C)(=O)=NC(=O)C2(NC(=O)O)CCC2)c1. The Morgan fingerprint density at radius 1 is 1.07 bits per heavy atom. The van der Waals surface area contributed by atoms with Crippen molar-refractivity contribution in [2.45, 2.75) is 68.0 Å². The van der Waals surface area contributed by atoms with Crippen LogP contribution < -0.4 is 15.5 Å². The van der Waals surface area contributed by atoms with Gasteiger partial charge in [-0.1, -0.05) is 6.07 Å². The van der Waals surface area contributed by atoms with E-state index in [0.717, 1.165) is 13.2 Å². The molecule has 4 rings (SSSR count). The van der Waals surface area contributed by atoms with E-state index in [2.05, 4.69) is 25.2 Å². The first-order valence-corrected chi connectivity index (χ1v) is 15.1. The van der Waals surface area contributed by atoms with Gasteiger partial charge in [0.15, 0.2) is 11.5 Å². The van der Waals surface area contributed by atoms with Gasteiger partial charge in [-0.25, -0.2) is 17.8 Å². The largest absolute Gasteiger partial charge is 0.465 e. The van der Waals surface area contributed by atoms with Crippen molar-refractivity contribution < 1.29 is 45.7 Å². The first-order valence-electron chi connectivity index (χ1n) is 13.2. The number of hydrogen-bond donors (Lipinski definition) is 3. The van der Waals surface area contributed by atoms with Crippen LogP contribution in [0.3, 0.4) is 0 Å². The molecule has 1 aliphatic heterocycles. The van der Waals surface area contributed by atoms with Gasteiger partial charge in [-0.15, -0.1) is 10.2 Å². The number of carbonyl (C=O) groups excluding carboxylic acids is 2. The second-order valence-corrected chi connectivity index (χ2v) is 12.9. The summed E-state index contributed by atoms with van der Waals surface area (Å²) in [5, 5.41) is 20.6. The van der Waals surface area contributed by atoms with E-state index in [9.17, 15) is 40.5 Å². The van der Waals surface area contributed by atoms with Crippen LogP contribution in [0.15, 0.2) is 33.5 Å². The molecule has 2 heterocycles. The normalized spacial score (nSPS) is 19.3. The molecule has 2 aromatic rings. The standard InChI is InChI=1S/C26H29F5N6O5S/c1-15-18(20(35-34-19(15)26(29,30)31)37-12-5-10-25(27,28)11-13-37)21(38)32-16-6-3-7-17(14-16)43(2,42)36-22(39)24(8-4-9-24)33-23(40)41/h3,6-7,14,33H,4-5,8-13H2,1-2H3,(H,32,38)(H,40,41). The van der Waals surface area contributed by atoms with Gasteiger partial charge in [-0.05, 0) is 56.4 Å². The highest BCUT2D eigenvalue weighted by Gasteiger charge is 2.46. The third kappa shape index (κ3) is 7.02. The second-order valence-electron chi connectivity index (χ2n) is 10.6. The summed E-state index contributed by atoms with van der Waals surface area (Å²) in [4.78, 5) is 38.7. The van der Waals surface area contributed by atoms with Gasteiger partial charge >= 0.3 is 12.3 Å². The molecule has 43 heavy (non-hydrogen) atoms. The molecule has 11 nitrogen and oxygen atoms in total. The summed E-state index contributed by atoms with van der Waals surface area (Å²) in [5.41, 5.74) is -3.98. The number of nitrogens with one attached hydrogen (secondary N) is 2. The van der Waals surface area contributed by atoms with Crippen molar-refractivity contribution in [1.82, 2.24) is 15.5 Å². The van der Waals surface area contributed by atoms with Gasteiger partial charge in [0.1, 0.15) is 5.54 Å². The molecule has 17 heteroatoms. The molecule has 1 saturated carbocycles. The van der Waals surface area contributed by atoms with Gasteiger partial charge in [0.05, 0.1) is 15.3 Å². The lowest BCUT2D eigenvalue weighted by Crippen LogP contribution is -2.58. The Balaban J connectivity index is 1.67. The lowest BCUT2D eigenvalue weighted by molar-refractivity contribution is -0.142. The Morgan fingerprint density at radius 2 is 1.77 bits per heavy atom. The number of amides is 3. The summed E-state index contributed by atoms with van der Waals surface area (Å²) in [5.74, 6) is -5.22. The third-order valence-corrected chi connectivity index (χ3v) is 9.10. The van der Waals surface area contributed by atoms with Crippen LogP contribution in [0, 0.1) is 6.92 Å². The zero-order valence-electron chi connectivity index (χ0n) is 23.1. The van der Waals surface area contributed by atoms with Gasteiger partial charge < -0.3 is 20.6 Å². The Bertz CT molecular complexity index is 1570. The number of hydrogen-bond acceptors (Lipinski definition) is 7. The van der Waals surface area contributed by atoms with Crippen molar-refractivity contribution in [2.24, 2.45) is 4.36 Å². The quantitative estimate of drug-likeness (QED) is 0.382. The lowest BCUT2D eigenvalue weighted by Gasteiger charge is -2.38. The van der Waals surface area contributed by atoms with Gasteiger partial charge in [-0.3, -0.25) is 9.59 Å². The predicted octanol–water partition coefficient (Wildman–Crippen LogP) is 4.86. The summed E-state index contributed by atoms with van der Waals surface area (Å²) in [6.45, 7) is 0.772. The number of halogens is 5. The summed E-state index contributed by atoms with van der Waals surface area (Å²) >= 11 is 0. The minimum atomic E-state index is -4.95. The molecule has 1 aromatic heterocycles. The average Bonchev–Trinajstić information content (AvgIpc) is 3.05. The smallest absolute Gasteiger partial charge is 0.435 e. The van der Waals surface area contributed by atoms with E-state index in [1.54, 1.807) is 0 Å². The van der Waals surface area contributed by atoms with E-state index in [1.165, 1.54) is 29.2 Å². The molecule has 1 atom stereocenters. The fourth-order valence-corrected chi connectivity index (χ4v) is 6.25. The topological polar surface area (TPSA) is 154 Å². The van der Waals surface area contributed by atoms with Crippen molar-refractivity contribution in [3.05, 3.63) is 41.1 Å². The van der Waals surface area contributed by atoms with E-state index in [0.29, 0.717) is 6.42 Å². The fourth-order valence-electron chi connectivity index (χ4n) is 4.98. The van der Waals surface area contributed by atoms with Crippen LogP contribution in [-0.2, 0) is 20.7 Å². The number of aromatic nitrogens is 2. The fraction of sp³-hybridized carbons (Fsp3) is 0.500. The first kappa shape index (κ1) is 32.0. The summed E-state index contributed by atoms with van der Waals surface area (Å²) in [6.07, 6.45) is -5.31. The molecule has 3 amide bonds. The maximum Gasteiger partial charge on any atom is 0.435 e. The summed E-state index contributed by atoms with van der Waals surface area (Å²) in [6, 6.07) is 5.31. The average molecular weight is 633 g/mol. The molecule has 0 bridgehead atoms. The lowest BCUT2D eigenvalue weighted by atomic mass is 9.76. The van der Waals surface area contributed by atoms with Gasteiger partial charge in [-0.2, -0.15) is 17.5 Å². The Kier molecular flexibility index (Phi) is 8.68. The molecule has 0 radical (unpaired) electrons. The van der Waals surface area contributed by atoms with Crippen LogP contribution in [-0.4, -0.2) is 68.2 Å². The number of carbonyl (C=O) groups is 3. The zero-order valence-corrected chi connectivity index (χ0v) is 23.9. The molecular formula is C26H29F5N6O5S. The van der Waals surface area contributed by atoms with Crippen LogP contribution >= 0.6 is 0 Å². The van der Waals surface area contributed by atoms with E-state index in [1.807, 2.05) is 0 Å². The van der Waals surface area contributed by atoms with Crippen LogP contribution in [0.2, 0.25) is 0 Å². The van der Waals surface area contributed by atoms with E-state index < -0.39 is 74.9 Å². The second kappa shape index (κ2) is 11.7. The third-order valence-electron chi connectivity index (χ3n) is 7.46. The molecule has 1 saturated heterocycles. The van der Waals surface area contributed by atoms with Gasteiger partial charge in [0, 0.05) is 42.8 Å². The molecule has 2 fully saturated rings. The molecule has 2 aliphatic rings. The minimum absolute atomic E-state index is 0.00814. The number of carboxylic acid groups (broad SMARTS) is 1. The Morgan fingerprint density at radius 3 is 2.37 bits per heavy atom. The zero-order chi connectivity index (χ0) is 31.8.